The topological polar surface area (TPSA) is 22.4 Å². The van der Waals surface area contributed by atoms with Crippen molar-refractivity contribution in [2.75, 3.05) is 7.11 Å². The van der Waals surface area contributed by atoms with Gasteiger partial charge in [-0.15, -0.1) is 0 Å². The Balaban J connectivity index is 2.76. The summed E-state index contributed by atoms with van der Waals surface area (Å²) in [5.74, 6) is 0.861. The molecule has 0 unspecified atom stereocenters. The molecule has 0 amide bonds. The third-order valence-corrected chi connectivity index (χ3v) is 2.87. The molecule has 0 bridgehead atoms. The number of halogens is 1. The zero-order valence-corrected chi connectivity index (χ0v) is 9.72. The van der Waals surface area contributed by atoms with Crippen LogP contribution in [0.25, 0.3) is 11.0 Å². The van der Waals surface area contributed by atoms with Gasteiger partial charge >= 0.3 is 0 Å². The SMILES string of the molecule is CCc1cc(OC)c2c(Br)coc2c1. The average Bonchev–Trinajstić information content (AvgIpc) is 2.59. The van der Waals surface area contributed by atoms with E-state index in [2.05, 4.69) is 22.9 Å². The molecule has 1 aromatic heterocycles. The number of methoxy groups -OCH3 is 1. The van der Waals surface area contributed by atoms with E-state index in [1.54, 1.807) is 13.4 Å². The van der Waals surface area contributed by atoms with E-state index in [0.29, 0.717) is 0 Å². The van der Waals surface area contributed by atoms with E-state index in [9.17, 15) is 0 Å². The number of hydrogen-bond acceptors (Lipinski definition) is 2. The van der Waals surface area contributed by atoms with Crippen LogP contribution < -0.4 is 4.74 Å². The van der Waals surface area contributed by atoms with Crippen LogP contribution in [0, 0.1) is 0 Å². The highest BCUT2D eigenvalue weighted by Gasteiger charge is 2.10. The first-order chi connectivity index (χ1) is 6.76. The van der Waals surface area contributed by atoms with E-state index in [0.717, 1.165) is 27.6 Å². The second-order valence-electron chi connectivity index (χ2n) is 3.11. The fraction of sp³-hybridized carbons (Fsp3) is 0.273. The minimum absolute atomic E-state index is 0.861. The standard InChI is InChI=1S/C11H11BrO2/c1-3-7-4-9(13-2)11-8(12)6-14-10(11)5-7/h4-6H,3H2,1-2H3. The molecule has 0 atom stereocenters. The van der Waals surface area contributed by atoms with Gasteiger partial charge in [0.05, 0.1) is 17.0 Å². The summed E-state index contributed by atoms with van der Waals surface area (Å²) < 4.78 is 11.7. The lowest BCUT2D eigenvalue weighted by molar-refractivity contribution is 0.419. The first kappa shape index (κ1) is 9.59. The van der Waals surface area contributed by atoms with Crippen molar-refractivity contribution in [3.05, 3.63) is 28.4 Å². The van der Waals surface area contributed by atoms with Crippen molar-refractivity contribution in [3.8, 4) is 5.75 Å². The monoisotopic (exact) mass is 254 g/mol. The van der Waals surface area contributed by atoms with Gasteiger partial charge in [-0.2, -0.15) is 0 Å². The third-order valence-electron chi connectivity index (χ3n) is 2.28. The van der Waals surface area contributed by atoms with Gasteiger partial charge in [0.15, 0.2) is 0 Å². The summed E-state index contributed by atoms with van der Waals surface area (Å²) in [5.41, 5.74) is 2.09. The van der Waals surface area contributed by atoms with Crippen molar-refractivity contribution < 1.29 is 9.15 Å². The van der Waals surface area contributed by atoms with Crippen molar-refractivity contribution in [3.63, 3.8) is 0 Å². The fourth-order valence-electron chi connectivity index (χ4n) is 1.51. The molecule has 0 saturated heterocycles. The first-order valence-electron chi connectivity index (χ1n) is 4.50. The predicted octanol–water partition coefficient (Wildman–Crippen LogP) is 3.77. The molecule has 1 heterocycles. The summed E-state index contributed by atoms with van der Waals surface area (Å²) in [7, 11) is 1.67. The molecule has 0 saturated carbocycles. The lowest BCUT2D eigenvalue weighted by atomic mass is 10.1. The molecule has 0 radical (unpaired) electrons. The molecule has 0 aliphatic heterocycles. The van der Waals surface area contributed by atoms with Crippen molar-refractivity contribution >= 4 is 26.9 Å². The highest BCUT2D eigenvalue weighted by molar-refractivity contribution is 9.10. The molecule has 14 heavy (non-hydrogen) atoms. The van der Waals surface area contributed by atoms with Crippen LogP contribution in [-0.2, 0) is 6.42 Å². The minimum Gasteiger partial charge on any atom is -0.496 e. The van der Waals surface area contributed by atoms with Crippen molar-refractivity contribution in [2.45, 2.75) is 13.3 Å². The van der Waals surface area contributed by atoms with Gasteiger partial charge in [0.1, 0.15) is 17.6 Å². The van der Waals surface area contributed by atoms with Gasteiger partial charge in [0.25, 0.3) is 0 Å². The zero-order chi connectivity index (χ0) is 10.1. The van der Waals surface area contributed by atoms with Crippen molar-refractivity contribution in [2.24, 2.45) is 0 Å². The second-order valence-corrected chi connectivity index (χ2v) is 3.96. The minimum atomic E-state index is 0.861. The first-order valence-corrected chi connectivity index (χ1v) is 5.29. The Kier molecular flexibility index (Phi) is 2.50. The Morgan fingerprint density at radius 3 is 2.86 bits per heavy atom. The van der Waals surface area contributed by atoms with Crippen LogP contribution in [0.5, 0.6) is 5.75 Å². The van der Waals surface area contributed by atoms with E-state index in [4.69, 9.17) is 9.15 Å². The van der Waals surface area contributed by atoms with Crippen LogP contribution in [0.3, 0.4) is 0 Å². The molecule has 2 aromatic rings. The quantitative estimate of drug-likeness (QED) is 0.815. The molecular weight excluding hydrogens is 244 g/mol. The summed E-state index contributed by atoms with van der Waals surface area (Å²) in [6, 6.07) is 4.09. The van der Waals surface area contributed by atoms with Gasteiger partial charge in [0.2, 0.25) is 0 Å². The molecular formula is C11H11BrO2. The van der Waals surface area contributed by atoms with E-state index in [-0.39, 0.29) is 0 Å². The molecule has 1 aromatic carbocycles. The number of furan rings is 1. The summed E-state index contributed by atoms with van der Waals surface area (Å²) in [5, 5.41) is 1.00. The fourth-order valence-corrected chi connectivity index (χ4v) is 2.00. The molecule has 74 valence electrons. The summed E-state index contributed by atoms with van der Waals surface area (Å²) in [4.78, 5) is 0. The number of aryl methyl sites for hydroxylation is 1. The van der Waals surface area contributed by atoms with Gasteiger partial charge in [-0.1, -0.05) is 6.92 Å². The lowest BCUT2D eigenvalue weighted by Crippen LogP contribution is -1.87. The largest absolute Gasteiger partial charge is 0.496 e. The van der Waals surface area contributed by atoms with E-state index in [1.807, 2.05) is 12.1 Å². The number of rotatable bonds is 2. The maximum atomic E-state index is 5.41. The van der Waals surface area contributed by atoms with Crippen LogP contribution in [0.2, 0.25) is 0 Å². The summed E-state index contributed by atoms with van der Waals surface area (Å²) in [6.07, 6.45) is 2.66. The smallest absolute Gasteiger partial charge is 0.139 e. The van der Waals surface area contributed by atoms with Crippen molar-refractivity contribution in [1.29, 1.82) is 0 Å². The lowest BCUT2D eigenvalue weighted by Gasteiger charge is -2.04. The van der Waals surface area contributed by atoms with Gasteiger partial charge in [-0.05, 0) is 40.0 Å². The predicted molar refractivity (Wildman–Crippen MR) is 59.8 cm³/mol. The van der Waals surface area contributed by atoms with Crippen LogP contribution >= 0.6 is 15.9 Å². The van der Waals surface area contributed by atoms with Gasteiger partial charge in [-0.3, -0.25) is 0 Å². The average molecular weight is 255 g/mol. The maximum Gasteiger partial charge on any atom is 0.139 e. The molecule has 3 heteroatoms. The molecule has 0 aliphatic carbocycles. The van der Waals surface area contributed by atoms with Crippen LogP contribution in [0.4, 0.5) is 0 Å². The number of ether oxygens (including phenoxy) is 1. The highest BCUT2D eigenvalue weighted by Crippen LogP contribution is 2.35. The molecule has 0 aliphatic rings. The second kappa shape index (κ2) is 3.65. The Labute approximate surface area is 91.0 Å². The summed E-state index contributed by atoms with van der Waals surface area (Å²) >= 11 is 3.43. The Morgan fingerprint density at radius 1 is 1.43 bits per heavy atom. The zero-order valence-electron chi connectivity index (χ0n) is 8.13. The van der Waals surface area contributed by atoms with E-state index in [1.165, 1.54) is 5.56 Å². The molecule has 0 N–H and O–H groups in total. The molecule has 0 spiro atoms. The summed E-state index contributed by atoms with van der Waals surface area (Å²) in [6.45, 7) is 2.11. The molecule has 2 nitrogen and oxygen atoms in total. The van der Waals surface area contributed by atoms with Gasteiger partial charge < -0.3 is 9.15 Å². The van der Waals surface area contributed by atoms with E-state index < -0.39 is 0 Å². The van der Waals surface area contributed by atoms with Crippen molar-refractivity contribution in [1.82, 2.24) is 0 Å². The Hall–Kier alpha value is -0.960. The third kappa shape index (κ3) is 1.42. The van der Waals surface area contributed by atoms with Gasteiger partial charge in [0, 0.05) is 0 Å². The normalized spacial score (nSPS) is 10.8. The van der Waals surface area contributed by atoms with Crippen LogP contribution in [0.15, 0.2) is 27.3 Å². The number of benzene rings is 1. The van der Waals surface area contributed by atoms with E-state index >= 15 is 0 Å². The maximum absolute atomic E-state index is 5.41. The van der Waals surface area contributed by atoms with Crippen LogP contribution in [-0.4, -0.2) is 7.11 Å². The van der Waals surface area contributed by atoms with Crippen LogP contribution in [0.1, 0.15) is 12.5 Å². The molecule has 2 rings (SSSR count). The highest BCUT2D eigenvalue weighted by atomic mass is 79.9. The Bertz CT molecular complexity index is 460. The molecule has 0 fully saturated rings. The Morgan fingerprint density at radius 2 is 2.21 bits per heavy atom. The number of hydrogen-bond donors (Lipinski definition) is 0. The number of fused-ring (bicyclic) bond motifs is 1. The van der Waals surface area contributed by atoms with Gasteiger partial charge in [-0.25, -0.2) is 0 Å².